The summed E-state index contributed by atoms with van der Waals surface area (Å²) in [5.41, 5.74) is 0.939. The summed E-state index contributed by atoms with van der Waals surface area (Å²) in [6.07, 6.45) is 0. The number of ether oxygens (including phenoxy) is 1. The molecule has 0 aliphatic carbocycles. The van der Waals surface area contributed by atoms with Gasteiger partial charge in [0, 0.05) is 12.6 Å². The zero-order valence-corrected chi connectivity index (χ0v) is 10.1. The molecule has 1 aromatic carbocycles. The number of aliphatic hydroxyl groups is 1. The van der Waals surface area contributed by atoms with Crippen LogP contribution in [0.1, 0.15) is 18.4 Å². The number of carbonyl (C=O) groups excluding carboxylic acids is 1. The lowest BCUT2D eigenvalue weighted by Crippen LogP contribution is -2.40. The lowest BCUT2D eigenvalue weighted by Gasteiger charge is -2.25. The summed E-state index contributed by atoms with van der Waals surface area (Å²) in [7, 11) is 1.71. The van der Waals surface area contributed by atoms with Crippen molar-refractivity contribution in [2.45, 2.75) is 18.9 Å². The van der Waals surface area contributed by atoms with E-state index in [9.17, 15) is 4.79 Å². The van der Waals surface area contributed by atoms with E-state index >= 15 is 0 Å². The number of para-hydroxylation sites is 1. The fraction of sp³-hybridized carbons (Fsp3) is 0.462. The first-order chi connectivity index (χ1) is 8.15. The molecular formula is C13H17NO3. The summed E-state index contributed by atoms with van der Waals surface area (Å²) in [6.45, 7) is 2.18. The molecule has 0 saturated heterocycles. The zero-order chi connectivity index (χ0) is 12.4. The molecule has 4 heteroatoms. The van der Waals surface area contributed by atoms with Crippen LogP contribution in [0.15, 0.2) is 24.3 Å². The van der Waals surface area contributed by atoms with E-state index in [4.69, 9.17) is 9.84 Å². The van der Waals surface area contributed by atoms with Crippen LogP contribution in [-0.2, 0) is 4.79 Å². The van der Waals surface area contributed by atoms with Gasteiger partial charge < -0.3 is 14.7 Å². The molecule has 0 saturated carbocycles. The maximum absolute atomic E-state index is 12.2. The summed E-state index contributed by atoms with van der Waals surface area (Å²) in [5, 5.41) is 9.07. The molecule has 1 aliphatic rings. The number of amides is 1. The van der Waals surface area contributed by atoms with Gasteiger partial charge in [-0.05, 0) is 13.0 Å². The number of rotatable bonds is 3. The number of benzene rings is 1. The molecule has 0 bridgehead atoms. The van der Waals surface area contributed by atoms with Gasteiger partial charge in [0.25, 0.3) is 0 Å². The maximum atomic E-state index is 12.2. The molecule has 1 N–H and O–H groups in total. The molecular weight excluding hydrogens is 218 g/mol. The van der Waals surface area contributed by atoms with Crippen molar-refractivity contribution >= 4 is 5.91 Å². The molecule has 0 spiro atoms. The Morgan fingerprint density at radius 3 is 3.00 bits per heavy atom. The fourth-order valence-electron chi connectivity index (χ4n) is 1.95. The summed E-state index contributed by atoms with van der Waals surface area (Å²) in [6, 6.07) is 7.42. The van der Waals surface area contributed by atoms with Crippen molar-refractivity contribution in [3.05, 3.63) is 29.8 Å². The summed E-state index contributed by atoms with van der Waals surface area (Å²) in [5.74, 6) is 0.539. The van der Waals surface area contributed by atoms with E-state index in [2.05, 4.69) is 0 Å². The Morgan fingerprint density at radius 1 is 1.59 bits per heavy atom. The molecule has 2 rings (SSSR count). The van der Waals surface area contributed by atoms with Gasteiger partial charge in [-0.2, -0.15) is 0 Å². The zero-order valence-electron chi connectivity index (χ0n) is 10.1. The highest BCUT2D eigenvalue weighted by Crippen LogP contribution is 2.34. The van der Waals surface area contributed by atoms with Crippen LogP contribution in [-0.4, -0.2) is 42.2 Å². The number of aliphatic hydroxyl groups excluding tert-OH is 1. The first-order valence-corrected chi connectivity index (χ1v) is 5.74. The Kier molecular flexibility index (Phi) is 3.33. The van der Waals surface area contributed by atoms with E-state index in [1.54, 1.807) is 11.9 Å². The first kappa shape index (κ1) is 11.9. The minimum Gasteiger partial charge on any atom is -0.492 e. The smallest absolute Gasteiger partial charge is 0.233 e. The quantitative estimate of drug-likeness (QED) is 0.850. The largest absolute Gasteiger partial charge is 0.492 e. The molecule has 0 fully saturated rings. The Hall–Kier alpha value is -1.55. The Labute approximate surface area is 101 Å². The number of likely N-dealkylation sites (N-methyl/N-ethyl adjacent to an activating group) is 1. The molecule has 1 heterocycles. The minimum atomic E-state index is -0.245. The van der Waals surface area contributed by atoms with Gasteiger partial charge in [0.05, 0.1) is 12.6 Å². The molecule has 1 aliphatic heterocycles. The van der Waals surface area contributed by atoms with Crippen LogP contribution in [0.3, 0.4) is 0 Å². The van der Waals surface area contributed by atoms with Crippen molar-refractivity contribution in [3.8, 4) is 5.75 Å². The van der Waals surface area contributed by atoms with Crippen molar-refractivity contribution in [1.29, 1.82) is 0 Å². The summed E-state index contributed by atoms with van der Waals surface area (Å²) in [4.78, 5) is 13.8. The number of hydrogen-bond donors (Lipinski definition) is 1. The molecule has 0 radical (unpaired) electrons. The lowest BCUT2D eigenvalue weighted by molar-refractivity contribution is -0.134. The molecule has 1 amide bonds. The lowest BCUT2D eigenvalue weighted by atomic mass is 9.99. The molecule has 2 unspecified atom stereocenters. The highest BCUT2D eigenvalue weighted by molar-refractivity contribution is 5.85. The number of carbonyl (C=O) groups is 1. The summed E-state index contributed by atoms with van der Waals surface area (Å²) >= 11 is 0. The third-order valence-electron chi connectivity index (χ3n) is 3.27. The van der Waals surface area contributed by atoms with Crippen LogP contribution in [0.5, 0.6) is 5.75 Å². The van der Waals surface area contributed by atoms with Gasteiger partial charge in [0.2, 0.25) is 5.91 Å². The number of hydrogen-bond acceptors (Lipinski definition) is 3. The molecule has 1 aromatic rings. The van der Waals surface area contributed by atoms with Gasteiger partial charge in [-0.1, -0.05) is 18.2 Å². The van der Waals surface area contributed by atoms with Gasteiger partial charge in [-0.25, -0.2) is 0 Å². The van der Waals surface area contributed by atoms with Crippen molar-refractivity contribution in [2.75, 3.05) is 20.3 Å². The second kappa shape index (κ2) is 4.75. The normalized spacial score (nSPS) is 19.4. The van der Waals surface area contributed by atoms with Crippen molar-refractivity contribution < 1.29 is 14.6 Å². The van der Waals surface area contributed by atoms with E-state index < -0.39 is 0 Å². The number of fused-ring (bicyclic) bond motifs is 1. The predicted molar refractivity (Wildman–Crippen MR) is 64.0 cm³/mol. The van der Waals surface area contributed by atoms with E-state index in [1.807, 2.05) is 31.2 Å². The van der Waals surface area contributed by atoms with Crippen molar-refractivity contribution in [2.24, 2.45) is 0 Å². The van der Waals surface area contributed by atoms with E-state index in [-0.39, 0.29) is 24.5 Å². The van der Waals surface area contributed by atoms with Crippen LogP contribution in [0.4, 0.5) is 0 Å². The second-order valence-electron chi connectivity index (χ2n) is 4.38. The third-order valence-corrected chi connectivity index (χ3v) is 3.27. The average molecular weight is 235 g/mol. The van der Waals surface area contributed by atoms with E-state index in [0.717, 1.165) is 11.3 Å². The Bertz CT molecular complexity index is 419. The van der Waals surface area contributed by atoms with Gasteiger partial charge in [0.1, 0.15) is 18.3 Å². The SMILES string of the molecule is CC(CO)N(C)C(=O)C1COc2ccccc21. The van der Waals surface area contributed by atoms with Crippen LogP contribution >= 0.6 is 0 Å². The Morgan fingerprint density at radius 2 is 2.29 bits per heavy atom. The van der Waals surface area contributed by atoms with Crippen LogP contribution in [0.25, 0.3) is 0 Å². The van der Waals surface area contributed by atoms with Crippen LogP contribution < -0.4 is 4.74 Å². The summed E-state index contributed by atoms with van der Waals surface area (Å²) < 4.78 is 5.49. The van der Waals surface area contributed by atoms with Crippen molar-refractivity contribution in [3.63, 3.8) is 0 Å². The monoisotopic (exact) mass is 235 g/mol. The van der Waals surface area contributed by atoms with Gasteiger partial charge in [0.15, 0.2) is 0 Å². The maximum Gasteiger partial charge on any atom is 0.233 e. The Balaban J connectivity index is 2.18. The molecule has 0 aromatic heterocycles. The molecule has 4 nitrogen and oxygen atoms in total. The van der Waals surface area contributed by atoms with E-state index in [0.29, 0.717) is 6.61 Å². The number of nitrogens with zero attached hydrogens (tertiary/aromatic N) is 1. The highest BCUT2D eigenvalue weighted by Gasteiger charge is 2.33. The van der Waals surface area contributed by atoms with Gasteiger partial charge >= 0.3 is 0 Å². The fourth-order valence-corrected chi connectivity index (χ4v) is 1.95. The highest BCUT2D eigenvalue weighted by atomic mass is 16.5. The van der Waals surface area contributed by atoms with Crippen LogP contribution in [0.2, 0.25) is 0 Å². The standard InChI is InChI=1S/C13H17NO3/c1-9(7-15)14(2)13(16)11-8-17-12-6-4-3-5-10(11)12/h3-6,9,11,15H,7-8H2,1-2H3. The first-order valence-electron chi connectivity index (χ1n) is 5.74. The van der Waals surface area contributed by atoms with Crippen molar-refractivity contribution in [1.82, 2.24) is 4.90 Å². The van der Waals surface area contributed by atoms with E-state index in [1.165, 1.54) is 0 Å². The molecule has 2 atom stereocenters. The predicted octanol–water partition coefficient (Wildman–Crippen LogP) is 1.00. The molecule has 92 valence electrons. The third kappa shape index (κ3) is 2.13. The van der Waals surface area contributed by atoms with Crippen LogP contribution in [0, 0.1) is 0 Å². The minimum absolute atomic E-state index is 0.00324. The second-order valence-corrected chi connectivity index (χ2v) is 4.38. The average Bonchev–Trinajstić information content (AvgIpc) is 2.79. The van der Waals surface area contributed by atoms with Gasteiger partial charge in [-0.3, -0.25) is 4.79 Å². The molecule has 17 heavy (non-hydrogen) atoms. The topological polar surface area (TPSA) is 49.8 Å². The van der Waals surface area contributed by atoms with Gasteiger partial charge in [-0.15, -0.1) is 0 Å².